The molecule has 18 nitrogen and oxygen atoms in total. The van der Waals surface area contributed by atoms with Gasteiger partial charge in [-0.15, -0.1) is 0 Å². The highest BCUT2D eigenvalue weighted by Crippen LogP contribution is 2.62. The zero-order valence-electron chi connectivity index (χ0n) is 47.7. The SMILES string of the molecule is CC1=CC(C)(C)N(C)c2cc3c(cc21)C1(OC(=O)c2c(Cl)c(Cl)c(Cl)c(Cl)c21)c1cc2c(cc1O3)N(CCCC(=O)NCCOCCOCCOCCOCCOCCOCCOCCOCCC(=O)NCCc1ccc(O)cc1)CCC2. The minimum absolute atomic E-state index is 0.0218. The Bertz CT molecular complexity index is 2910. The average molecular weight is 1230 g/mol. The zero-order valence-corrected chi connectivity index (χ0v) is 50.8. The minimum atomic E-state index is -1.55. The Kier molecular flexibility index (Phi) is 23.9. The van der Waals surface area contributed by atoms with Gasteiger partial charge in [-0.25, -0.2) is 4.79 Å². The monoisotopic (exact) mass is 1230 g/mol. The van der Waals surface area contributed by atoms with Crippen LogP contribution in [0.2, 0.25) is 20.1 Å². The molecule has 0 fully saturated rings. The van der Waals surface area contributed by atoms with Crippen molar-refractivity contribution in [3.8, 4) is 17.2 Å². The predicted octanol–water partition coefficient (Wildman–Crippen LogP) is 9.74. The number of amides is 2. The Morgan fingerprint density at radius 3 is 1.77 bits per heavy atom. The number of likely N-dealkylation sites (N-methyl/N-ethyl adjacent to an activating group) is 1. The second kappa shape index (κ2) is 30.9. The normalized spacial score (nSPS) is 16.4. The average Bonchev–Trinajstić information content (AvgIpc) is 3.66. The van der Waals surface area contributed by atoms with Crippen LogP contribution in [-0.4, -0.2) is 167 Å². The van der Waals surface area contributed by atoms with E-state index in [1.54, 1.807) is 12.1 Å². The van der Waals surface area contributed by atoms with Crippen molar-refractivity contribution in [1.82, 2.24) is 10.6 Å². The number of halogens is 4. The summed E-state index contributed by atoms with van der Waals surface area (Å²) >= 11 is 27.2. The van der Waals surface area contributed by atoms with Crippen LogP contribution < -0.4 is 25.2 Å². The topological polar surface area (TPSA) is 194 Å². The molecule has 452 valence electrons. The van der Waals surface area contributed by atoms with Gasteiger partial charge in [-0.05, 0) is 87.4 Å². The van der Waals surface area contributed by atoms with E-state index in [0.717, 1.165) is 53.0 Å². The Morgan fingerprint density at radius 2 is 1.17 bits per heavy atom. The lowest BCUT2D eigenvalue weighted by Gasteiger charge is -2.43. The third-order valence-electron chi connectivity index (χ3n) is 14.9. The number of aromatic hydroxyl groups is 1. The Balaban J connectivity index is 0.644. The van der Waals surface area contributed by atoms with Crippen molar-refractivity contribution >= 4 is 81.1 Å². The van der Waals surface area contributed by atoms with Crippen LogP contribution in [0.4, 0.5) is 11.4 Å². The van der Waals surface area contributed by atoms with Gasteiger partial charge in [0.25, 0.3) is 0 Å². The molecule has 83 heavy (non-hydrogen) atoms. The van der Waals surface area contributed by atoms with Crippen LogP contribution in [0.1, 0.15) is 90.2 Å². The molecule has 4 aromatic carbocycles. The summed E-state index contributed by atoms with van der Waals surface area (Å²) in [7, 11) is 2.05. The summed E-state index contributed by atoms with van der Waals surface area (Å²) < 4.78 is 57.8. The van der Waals surface area contributed by atoms with E-state index >= 15 is 0 Å². The molecule has 4 aromatic rings. The number of hydrogen-bond acceptors (Lipinski definition) is 16. The maximum atomic E-state index is 14.1. The number of esters is 1. The highest BCUT2D eigenvalue weighted by atomic mass is 35.5. The van der Waals surface area contributed by atoms with E-state index in [-0.39, 0.29) is 55.2 Å². The summed E-state index contributed by atoms with van der Waals surface area (Å²) in [6.07, 6.45) is 5.81. The molecular weight excluding hydrogens is 1150 g/mol. The summed E-state index contributed by atoms with van der Waals surface area (Å²) in [6.45, 7) is 15.4. The van der Waals surface area contributed by atoms with Crippen LogP contribution in [0.3, 0.4) is 0 Å². The fourth-order valence-corrected chi connectivity index (χ4v) is 11.6. The number of benzene rings is 4. The third-order valence-corrected chi connectivity index (χ3v) is 16.7. The van der Waals surface area contributed by atoms with Gasteiger partial charge in [0.05, 0.1) is 137 Å². The lowest BCUT2D eigenvalue weighted by Crippen LogP contribution is -2.42. The van der Waals surface area contributed by atoms with Gasteiger partial charge in [0, 0.05) is 91.8 Å². The molecule has 4 aliphatic rings. The molecule has 1 spiro atoms. The van der Waals surface area contributed by atoms with Crippen LogP contribution in [0.5, 0.6) is 17.2 Å². The molecule has 22 heteroatoms. The molecule has 1 atom stereocenters. The van der Waals surface area contributed by atoms with Crippen molar-refractivity contribution in [3.05, 3.63) is 114 Å². The van der Waals surface area contributed by atoms with E-state index in [0.29, 0.717) is 173 Å². The van der Waals surface area contributed by atoms with Crippen LogP contribution in [-0.2, 0) is 70.7 Å². The zero-order chi connectivity index (χ0) is 58.9. The Labute approximate surface area is 506 Å². The highest BCUT2D eigenvalue weighted by Gasteiger charge is 2.57. The molecule has 0 aromatic heterocycles. The summed E-state index contributed by atoms with van der Waals surface area (Å²) in [5.74, 6) is 0.436. The van der Waals surface area contributed by atoms with Gasteiger partial charge in [-0.3, -0.25) is 9.59 Å². The first kappa shape index (κ1) is 64.1. The molecule has 0 aliphatic carbocycles. The van der Waals surface area contributed by atoms with Crippen LogP contribution in [0.15, 0.2) is 54.6 Å². The van der Waals surface area contributed by atoms with Gasteiger partial charge in [0.2, 0.25) is 11.8 Å². The number of phenolic OH excluding ortho intramolecular Hbond substituents is 1. The van der Waals surface area contributed by atoms with Gasteiger partial charge in [-0.2, -0.15) is 0 Å². The standard InChI is InChI=1S/C61H76Cl4N4O14/c1-40-39-60(2,3)68(4)48-38-50-46(36-44(40)48)61(54-53(59(73)83-61)55(62)57(64)58(65)56(54)63)45-35-42-7-5-17-69(47(42)37-49(45)82-50)18-6-8-51(71)67-16-20-75-22-24-77-26-28-79-30-32-81-34-33-80-31-29-78-27-25-76-23-21-74-19-14-52(72)66-15-13-41-9-11-43(70)12-10-41/h9-12,35-39,70H,5-8,13-34H2,1-4H3,(H,66,72)(H,67,71). The number of fused-ring (bicyclic) bond motifs is 8. The molecule has 3 N–H and O–H groups in total. The highest BCUT2D eigenvalue weighted by molar-refractivity contribution is 6.53. The third kappa shape index (κ3) is 16.3. The molecule has 0 bridgehead atoms. The number of phenols is 1. The minimum Gasteiger partial charge on any atom is -0.508 e. The summed E-state index contributed by atoms with van der Waals surface area (Å²) in [5.41, 5.74) is 5.83. The smallest absolute Gasteiger partial charge is 0.341 e. The molecule has 8 rings (SSSR count). The molecule has 0 radical (unpaired) electrons. The van der Waals surface area contributed by atoms with E-state index in [1.807, 2.05) is 37.4 Å². The largest absolute Gasteiger partial charge is 0.508 e. The molecule has 4 heterocycles. The number of carbonyl (C=O) groups excluding carboxylic acids is 3. The van der Waals surface area contributed by atoms with E-state index in [1.165, 1.54) is 0 Å². The number of nitrogens with one attached hydrogen (secondary N) is 2. The Hall–Kier alpha value is -4.93. The van der Waals surface area contributed by atoms with Gasteiger partial charge in [-0.1, -0.05) is 64.6 Å². The van der Waals surface area contributed by atoms with E-state index in [4.69, 9.17) is 93.8 Å². The fourth-order valence-electron chi connectivity index (χ4n) is 10.5. The van der Waals surface area contributed by atoms with Crippen molar-refractivity contribution in [2.45, 2.75) is 70.4 Å². The van der Waals surface area contributed by atoms with Crippen LogP contribution in [0, 0.1) is 0 Å². The lowest BCUT2D eigenvalue weighted by atomic mass is 9.75. The molecule has 1 unspecified atom stereocenters. The lowest BCUT2D eigenvalue weighted by molar-refractivity contribution is -0.122. The first-order valence-electron chi connectivity index (χ1n) is 28.4. The quantitative estimate of drug-likeness (QED) is 0.0173. The first-order valence-corrected chi connectivity index (χ1v) is 29.9. The summed E-state index contributed by atoms with van der Waals surface area (Å²) in [5, 5.41) is 15.2. The molecule has 0 saturated heterocycles. The fraction of sp³-hybridized carbons (Fsp3) is 0.525. The van der Waals surface area contributed by atoms with Crippen molar-refractivity contribution < 1.29 is 66.9 Å². The number of rotatable bonds is 34. The number of carbonyl (C=O) groups is 3. The maximum absolute atomic E-state index is 14.1. The van der Waals surface area contributed by atoms with Gasteiger partial charge in [0.15, 0.2) is 5.60 Å². The number of ether oxygens (including phenoxy) is 10. The van der Waals surface area contributed by atoms with Crippen LogP contribution >= 0.6 is 46.4 Å². The summed E-state index contributed by atoms with van der Waals surface area (Å²) in [4.78, 5) is 43.4. The summed E-state index contributed by atoms with van der Waals surface area (Å²) in [6, 6.07) is 15.0. The van der Waals surface area contributed by atoms with Crippen molar-refractivity contribution in [2.24, 2.45) is 0 Å². The molecule has 2 amide bonds. The maximum Gasteiger partial charge on any atom is 0.341 e. The Morgan fingerprint density at radius 1 is 0.651 bits per heavy atom. The molecular formula is C61H76Cl4N4O14. The second-order valence-corrected chi connectivity index (χ2v) is 22.5. The number of hydrogen-bond donors (Lipinski definition) is 3. The number of anilines is 2. The van der Waals surface area contributed by atoms with Crippen molar-refractivity contribution in [3.63, 3.8) is 0 Å². The van der Waals surface area contributed by atoms with E-state index in [9.17, 15) is 19.5 Å². The first-order chi connectivity index (χ1) is 40.1. The second-order valence-electron chi connectivity index (χ2n) is 21.0. The van der Waals surface area contributed by atoms with Gasteiger partial charge >= 0.3 is 5.97 Å². The van der Waals surface area contributed by atoms with Crippen molar-refractivity contribution in [2.75, 3.05) is 149 Å². The predicted molar refractivity (Wildman–Crippen MR) is 320 cm³/mol. The van der Waals surface area contributed by atoms with Crippen molar-refractivity contribution in [1.29, 1.82) is 0 Å². The number of nitrogens with zero attached hydrogens (tertiary/aromatic N) is 2. The van der Waals surface area contributed by atoms with E-state index < -0.39 is 11.6 Å². The number of aryl methyl sites for hydroxylation is 1. The number of allylic oxidation sites excluding steroid dienone is 1. The van der Waals surface area contributed by atoms with Gasteiger partial charge in [0.1, 0.15) is 17.2 Å². The molecule has 0 saturated carbocycles. The van der Waals surface area contributed by atoms with Crippen LogP contribution in [0.25, 0.3) is 5.57 Å². The molecule has 4 aliphatic heterocycles. The van der Waals surface area contributed by atoms with Gasteiger partial charge < -0.3 is 72.9 Å². The van der Waals surface area contributed by atoms with E-state index in [2.05, 4.69) is 53.3 Å².